The van der Waals surface area contributed by atoms with Crippen LogP contribution in [-0.4, -0.2) is 26.0 Å². The highest BCUT2D eigenvalue weighted by Gasteiger charge is 2.18. The van der Waals surface area contributed by atoms with E-state index in [1.807, 2.05) is 39.0 Å². The van der Waals surface area contributed by atoms with Crippen molar-refractivity contribution < 1.29 is 4.79 Å². The first-order valence-corrected chi connectivity index (χ1v) is 8.61. The second kappa shape index (κ2) is 6.56. The van der Waals surface area contributed by atoms with Crippen molar-refractivity contribution in [2.24, 2.45) is 7.05 Å². The summed E-state index contributed by atoms with van der Waals surface area (Å²) in [4.78, 5) is 19.6. The second-order valence-corrected chi connectivity index (χ2v) is 6.85. The van der Waals surface area contributed by atoms with Gasteiger partial charge in [0.05, 0.1) is 17.4 Å². The van der Waals surface area contributed by atoms with Crippen LogP contribution in [-0.2, 0) is 7.05 Å². The number of nitrogens with one attached hydrogen (secondary N) is 2. The van der Waals surface area contributed by atoms with Gasteiger partial charge in [0.1, 0.15) is 16.0 Å². The molecule has 0 saturated heterocycles. The smallest absolute Gasteiger partial charge is 0.319 e. The van der Waals surface area contributed by atoms with E-state index in [0.29, 0.717) is 11.2 Å². The molecule has 0 spiro atoms. The predicted octanol–water partition coefficient (Wildman–Crippen LogP) is 3.31. The lowest BCUT2D eigenvalue weighted by atomic mass is 10.2. The molecule has 0 fully saturated rings. The minimum atomic E-state index is -0.273. The molecule has 0 radical (unpaired) electrons. The lowest BCUT2D eigenvalue weighted by molar-refractivity contribution is 0.248. The number of nitrogens with zero attached hydrogens (tertiary/aromatic N) is 4. The van der Waals surface area contributed by atoms with Crippen LogP contribution in [0.15, 0.2) is 18.2 Å². The van der Waals surface area contributed by atoms with Crippen LogP contribution >= 0.6 is 11.3 Å². The lowest BCUT2D eigenvalue weighted by Gasteiger charge is -2.15. The van der Waals surface area contributed by atoms with Crippen LogP contribution in [0.2, 0.25) is 0 Å². The molecule has 2 aromatic heterocycles. The Labute approximate surface area is 144 Å². The molecule has 0 unspecified atom stereocenters. The molecular formula is C16H20N6OS. The van der Waals surface area contributed by atoms with E-state index in [2.05, 4.69) is 25.8 Å². The standard InChI is InChI=1S/C16H20N6OS/c1-5-11(15-17-9(2)10(3)24-15)18-16(23)19-12-7-6-8-13-14(12)21-22(4)20-13/h6-8,11H,5H2,1-4H3,(H2,18,19,23)/t11-/m0/s1. The number of urea groups is 1. The van der Waals surface area contributed by atoms with Crippen LogP contribution in [0.25, 0.3) is 11.0 Å². The summed E-state index contributed by atoms with van der Waals surface area (Å²) in [5.74, 6) is 0. The highest BCUT2D eigenvalue weighted by Crippen LogP contribution is 2.25. The summed E-state index contributed by atoms with van der Waals surface area (Å²) in [5.41, 5.74) is 3.07. The van der Waals surface area contributed by atoms with Gasteiger partial charge in [-0.15, -0.1) is 11.3 Å². The SMILES string of the molecule is CC[C@H](NC(=O)Nc1cccc2nn(C)nc12)c1nc(C)c(C)s1. The third kappa shape index (κ3) is 3.23. The number of benzene rings is 1. The van der Waals surface area contributed by atoms with Gasteiger partial charge >= 0.3 is 6.03 Å². The molecule has 7 nitrogen and oxygen atoms in total. The zero-order valence-corrected chi connectivity index (χ0v) is 14.9. The first-order valence-electron chi connectivity index (χ1n) is 7.79. The maximum atomic E-state index is 12.4. The van der Waals surface area contributed by atoms with Crippen LogP contribution in [0.3, 0.4) is 0 Å². The maximum Gasteiger partial charge on any atom is 0.319 e. The number of anilines is 1. The van der Waals surface area contributed by atoms with Crippen molar-refractivity contribution in [2.75, 3.05) is 5.32 Å². The molecule has 0 aliphatic heterocycles. The quantitative estimate of drug-likeness (QED) is 0.760. The van der Waals surface area contributed by atoms with Crippen LogP contribution < -0.4 is 10.6 Å². The summed E-state index contributed by atoms with van der Waals surface area (Å²) in [6.45, 7) is 6.05. The van der Waals surface area contributed by atoms with Crippen molar-refractivity contribution in [3.05, 3.63) is 33.8 Å². The van der Waals surface area contributed by atoms with Gasteiger partial charge in [-0.05, 0) is 32.4 Å². The van der Waals surface area contributed by atoms with Crippen molar-refractivity contribution in [3.8, 4) is 0 Å². The number of aryl methyl sites for hydroxylation is 3. The fourth-order valence-corrected chi connectivity index (χ4v) is 3.50. The van der Waals surface area contributed by atoms with Gasteiger partial charge in [-0.25, -0.2) is 9.78 Å². The Morgan fingerprint density at radius 3 is 2.79 bits per heavy atom. The predicted molar refractivity (Wildman–Crippen MR) is 95.3 cm³/mol. The van der Waals surface area contributed by atoms with Crippen molar-refractivity contribution >= 4 is 34.1 Å². The highest BCUT2D eigenvalue weighted by atomic mass is 32.1. The molecule has 3 rings (SSSR count). The first kappa shape index (κ1) is 16.4. The van der Waals surface area contributed by atoms with E-state index in [1.54, 1.807) is 18.4 Å². The Morgan fingerprint density at radius 2 is 2.12 bits per heavy atom. The van der Waals surface area contributed by atoms with Gasteiger partial charge in [0.15, 0.2) is 0 Å². The molecule has 0 saturated carbocycles. The van der Waals surface area contributed by atoms with Gasteiger partial charge in [-0.3, -0.25) is 0 Å². The zero-order chi connectivity index (χ0) is 17.3. The van der Waals surface area contributed by atoms with E-state index < -0.39 is 0 Å². The number of rotatable bonds is 4. The molecular weight excluding hydrogens is 324 g/mol. The summed E-state index contributed by atoms with van der Waals surface area (Å²) in [6, 6.07) is 5.14. The molecule has 1 atom stereocenters. The van der Waals surface area contributed by atoms with Crippen molar-refractivity contribution in [2.45, 2.75) is 33.2 Å². The lowest BCUT2D eigenvalue weighted by Crippen LogP contribution is -2.32. The molecule has 24 heavy (non-hydrogen) atoms. The monoisotopic (exact) mass is 344 g/mol. The van der Waals surface area contributed by atoms with E-state index in [1.165, 1.54) is 9.67 Å². The third-order valence-corrected chi connectivity index (χ3v) is 5.00. The largest absolute Gasteiger partial charge is 0.329 e. The van der Waals surface area contributed by atoms with E-state index >= 15 is 0 Å². The van der Waals surface area contributed by atoms with Gasteiger partial charge in [-0.2, -0.15) is 15.0 Å². The van der Waals surface area contributed by atoms with Crippen LogP contribution in [0.5, 0.6) is 0 Å². The molecule has 2 amide bonds. The van der Waals surface area contributed by atoms with Gasteiger partial charge in [0, 0.05) is 11.9 Å². The topological polar surface area (TPSA) is 84.7 Å². The fourth-order valence-electron chi connectivity index (χ4n) is 2.44. The zero-order valence-electron chi connectivity index (χ0n) is 14.1. The Bertz CT molecular complexity index is 864. The fraction of sp³-hybridized carbons (Fsp3) is 0.375. The van der Waals surface area contributed by atoms with E-state index in [0.717, 1.165) is 22.6 Å². The Morgan fingerprint density at radius 1 is 1.33 bits per heavy atom. The summed E-state index contributed by atoms with van der Waals surface area (Å²) in [5, 5.41) is 15.3. The highest BCUT2D eigenvalue weighted by molar-refractivity contribution is 7.11. The number of amides is 2. The summed E-state index contributed by atoms with van der Waals surface area (Å²) < 4.78 is 0. The number of fused-ring (bicyclic) bond motifs is 1. The number of hydrogen-bond donors (Lipinski definition) is 2. The normalized spacial score (nSPS) is 12.3. The molecule has 8 heteroatoms. The van der Waals surface area contributed by atoms with E-state index in [4.69, 9.17) is 0 Å². The Kier molecular flexibility index (Phi) is 4.48. The van der Waals surface area contributed by atoms with Gasteiger partial charge < -0.3 is 10.6 Å². The maximum absolute atomic E-state index is 12.4. The minimum Gasteiger partial charge on any atom is -0.329 e. The van der Waals surface area contributed by atoms with Crippen molar-refractivity contribution in [3.63, 3.8) is 0 Å². The molecule has 126 valence electrons. The van der Waals surface area contributed by atoms with Crippen molar-refractivity contribution in [1.82, 2.24) is 25.3 Å². The molecule has 0 bridgehead atoms. The molecule has 2 heterocycles. The summed E-state index contributed by atoms with van der Waals surface area (Å²) in [6.07, 6.45) is 0.773. The number of carbonyl (C=O) groups is 1. The first-order chi connectivity index (χ1) is 11.5. The summed E-state index contributed by atoms with van der Waals surface area (Å²) in [7, 11) is 1.75. The van der Waals surface area contributed by atoms with Gasteiger partial charge in [-0.1, -0.05) is 13.0 Å². The van der Waals surface area contributed by atoms with Crippen molar-refractivity contribution in [1.29, 1.82) is 0 Å². The second-order valence-electron chi connectivity index (χ2n) is 5.62. The number of thiazole rings is 1. The Balaban J connectivity index is 1.76. The van der Waals surface area contributed by atoms with Crippen LogP contribution in [0.4, 0.5) is 10.5 Å². The third-order valence-electron chi connectivity index (χ3n) is 3.82. The van der Waals surface area contributed by atoms with E-state index in [-0.39, 0.29) is 12.1 Å². The molecule has 2 N–H and O–H groups in total. The average Bonchev–Trinajstić information content (AvgIpc) is 3.07. The molecule has 1 aromatic carbocycles. The number of aromatic nitrogens is 4. The average molecular weight is 344 g/mol. The number of carbonyl (C=O) groups excluding carboxylic acids is 1. The van der Waals surface area contributed by atoms with Crippen LogP contribution in [0.1, 0.15) is 35.0 Å². The molecule has 0 aliphatic carbocycles. The van der Waals surface area contributed by atoms with E-state index in [9.17, 15) is 4.79 Å². The molecule has 0 aliphatic rings. The van der Waals surface area contributed by atoms with Gasteiger partial charge in [0.2, 0.25) is 0 Å². The summed E-state index contributed by atoms with van der Waals surface area (Å²) >= 11 is 1.62. The number of hydrogen-bond acceptors (Lipinski definition) is 5. The van der Waals surface area contributed by atoms with Crippen LogP contribution in [0, 0.1) is 13.8 Å². The van der Waals surface area contributed by atoms with Gasteiger partial charge in [0.25, 0.3) is 0 Å². The Hall–Kier alpha value is -2.48. The molecule has 3 aromatic rings. The minimum absolute atomic E-state index is 0.108.